The number of nitrogens with zero attached hydrogens (tertiary/aromatic N) is 3. The van der Waals surface area contributed by atoms with Crippen molar-refractivity contribution >= 4 is 22.6 Å². The van der Waals surface area contributed by atoms with Crippen LogP contribution in [0.2, 0.25) is 0 Å². The molecule has 1 amide bonds. The second-order valence-electron chi connectivity index (χ2n) is 6.81. The molecule has 5 rings (SSSR count). The van der Waals surface area contributed by atoms with Crippen LogP contribution in [0.25, 0.3) is 16.8 Å². The van der Waals surface area contributed by atoms with Crippen molar-refractivity contribution in [3.05, 3.63) is 71.9 Å². The molecule has 134 valence electrons. The number of anilines is 1. The molecule has 0 bridgehead atoms. The van der Waals surface area contributed by atoms with Gasteiger partial charge in [-0.15, -0.1) is 0 Å². The largest absolute Gasteiger partial charge is 0.464 e. The Balaban J connectivity index is 1.31. The summed E-state index contributed by atoms with van der Waals surface area (Å²) in [6.45, 7) is 0. The minimum absolute atomic E-state index is 0.0909. The topological polar surface area (TPSA) is 73.0 Å². The first-order valence-corrected chi connectivity index (χ1v) is 9.04. The zero-order valence-electron chi connectivity index (χ0n) is 14.7. The average molecular weight is 358 g/mol. The van der Waals surface area contributed by atoms with Crippen molar-refractivity contribution in [2.45, 2.75) is 25.7 Å². The Morgan fingerprint density at radius 2 is 2.11 bits per heavy atom. The summed E-state index contributed by atoms with van der Waals surface area (Å²) in [5.74, 6) is 0.611. The number of amides is 1. The van der Waals surface area contributed by atoms with Crippen LogP contribution in [0, 0.1) is 0 Å². The Morgan fingerprint density at radius 1 is 1.22 bits per heavy atom. The lowest BCUT2D eigenvalue weighted by atomic mass is 10.0. The molecule has 0 fully saturated rings. The molecule has 1 aliphatic rings. The van der Waals surface area contributed by atoms with Crippen molar-refractivity contribution in [2.75, 3.05) is 5.32 Å². The summed E-state index contributed by atoms with van der Waals surface area (Å²) in [7, 11) is 0. The average Bonchev–Trinajstić information content (AvgIpc) is 3.42. The predicted octanol–water partition coefficient (Wildman–Crippen LogP) is 3.68. The first-order valence-electron chi connectivity index (χ1n) is 9.04. The fraction of sp³-hybridized carbons (Fsp3) is 0.190. The van der Waals surface area contributed by atoms with Gasteiger partial charge in [-0.1, -0.05) is 0 Å². The Morgan fingerprint density at radius 3 is 2.89 bits per heavy atom. The van der Waals surface area contributed by atoms with E-state index in [2.05, 4.69) is 27.5 Å². The van der Waals surface area contributed by atoms with E-state index in [1.54, 1.807) is 23.3 Å². The molecule has 0 saturated carbocycles. The molecule has 6 nitrogen and oxygen atoms in total. The lowest BCUT2D eigenvalue weighted by Gasteiger charge is -2.06. The molecule has 0 saturated heterocycles. The molecule has 27 heavy (non-hydrogen) atoms. The summed E-state index contributed by atoms with van der Waals surface area (Å²) in [5, 5.41) is 8.07. The van der Waals surface area contributed by atoms with E-state index in [1.807, 2.05) is 24.4 Å². The fourth-order valence-corrected chi connectivity index (χ4v) is 3.66. The molecule has 0 unspecified atom stereocenters. The molecule has 1 aromatic carbocycles. The highest BCUT2D eigenvalue weighted by Crippen LogP contribution is 2.30. The van der Waals surface area contributed by atoms with E-state index in [0.29, 0.717) is 11.5 Å². The summed E-state index contributed by atoms with van der Waals surface area (Å²) in [4.78, 5) is 16.8. The van der Waals surface area contributed by atoms with Crippen molar-refractivity contribution in [1.82, 2.24) is 14.8 Å². The number of hydrogen-bond donors (Lipinski definition) is 1. The Bertz CT molecular complexity index is 1110. The van der Waals surface area contributed by atoms with Crippen LogP contribution in [0.1, 0.15) is 23.1 Å². The number of aryl methyl sites for hydroxylation is 2. The van der Waals surface area contributed by atoms with Crippen LogP contribution in [0.3, 0.4) is 0 Å². The van der Waals surface area contributed by atoms with Gasteiger partial charge in [0.1, 0.15) is 5.58 Å². The first-order chi connectivity index (χ1) is 13.3. The fourth-order valence-electron chi connectivity index (χ4n) is 3.66. The van der Waals surface area contributed by atoms with Crippen molar-refractivity contribution in [1.29, 1.82) is 0 Å². The Kier molecular flexibility index (Phi) is 3.74. The quantitative estimate of drug-likeness (QED) is 0.604. The van der Waals surface area contributed by atoms with Gasteiger partial charge in [0.2, 0.25) is 5.91 Å². The number of benzene rings is 1. The van der Waals surface area contributed by atoms with Crippen molar-refractivity contribution in [3.8, 4) is 5.82 Å². The second kappa shape index (κ2) is 6.39. The molecule has 1 N–H and O–H groups in total. The maximum absolute atomic E-state index is 12.5. The molecule has 0 radical (unpaired) electrons. The molecule has 3 aromatic heterocycles. The Hall–Kier alpha value is -3.41. The van der Waals surface area contributed by atoms with Gasteiger partial charge in [0, 0.05) is 23.3 Å². The maximum Gasteiger partial charge on any atom is 0.228 e. The number of fused-ring (bicyclic) bond motifs is 2. The molecular formula is C21H18N4O2. The third-order valence-electron chi connectivity index (χ3n) is 4.99. The molecule has 6 heteroatoms. The second-order valence-corrected chi connectivity index (χ2v) is 6.81. The van der Waals surface area contributed by atoms with Crippen molar-refractivity contribution < 1.29 is 9.21 Å². The van der Waals surface area contributed by atoms with E-state index in [4.69, 9.17) is 4.42 Å². The van der Waals surface area contributed by atoms with Crippen LogP contribution in [0.15, 0.2) is 59.6 Å². The van der Waals surface area contributed by atoms with Gasteiger partial charge < -0.3 is 9.73 Å². The highest BCUT2D eigenvalue weighted by molar-refractivity contribution is 5.95. The van der Waals surface area contributed by atoms with Gasteiger partial charge in [-0.05, 0) is 60.7 Å². The minimum atomic E-state index is -0.0909. The summed E-state index contributed by atoms with van der Waals surface area (Å²) in [6, 6.07) is 9.78. The molecule has 0 aliphatic heterocycles. The highest BCUT2D eigenvalue weighted by Gasteiger charge is 2.16. The van der Waals surface area contributed by atoms with Crippen LogP contribution in [-0.2, 0) is 24.1 Å². The van der Waals surface area contributed by atoms with E-state index in [9.17, 15) is 4.79 Å². The van der Waals surface area contributed by atoms with E-state index in [1.165, 1.54) is 17.5 Å². The van der Waals surface area contributed by atoms with Gasteiger partial charge in [0.15, 0.2) is 5.82 Å². The summed E-state index contributed by atoms with van der Waals surface area (Å²) < 4.78 is 7.35. The summed E-state index contributed by atoms with van der Waals surface area (Å²) in [6.07, 6.45) is 10.5. The van der Waals surface area contributed by atoms with Gasteiger partial charge in [-0.25, -0.2) is 9.67 Å². The third kappa shape index (κ3) is 2.99. The Labute approximate surface area is 155 Å². The van der Waals surface area contributed by atoms with Gasteiger partial charge >= 0.3 is 0 Å². The number of pyridine rings is 1. The van der Waals surface area contributed by atoms with Crippen LogP contribution in [0.5, 0.6) is 0 Å². The molecule has 0 spiro atoms. The molecular weight excluding hydrogens is 340 g/mol. The van der Waals surface area contributed by atoms with Crippen LogP contribution < -0.4 is 5.32 Å². The van der Waals surface area contributed by atoms with Crippen molar-refractivity contribution in [3.63, 3.8) is 0 Å². The highest BCUT2D eigenvalue weighted by atomic mass is 16.3. The van der Waals surface area contributed by atoms with Gasteiger partial charge in [0.05, 0.1) is 24.6 Å². The smallest absolute Gasteiger partial charge is 0.228 e. The number of nitrogens with one attached hydrogen (secondary N) is 1. The van der Waals surface area contributed by atoms with Crippen LogP contribution in [-0.4, -0.2) is 20.7 Å². The lowest BCUT2D eigenvalue weighted by molar-refractivity contribution is -0.115. The SMILES string of the molecule is O=C(Cc1coc2cc3c(cc12)CCC3)Nc1ccc(-n2cccn2)nc1. The van der Waals surface area contributed by atoms with E-state index in [-0.39, 0.29) is 12.3 Å². The predicted molar refractivity (Wildman–Crippen MR) is 102 cm³/mol. The minimum Gasteiger partial charge on any atom is -0.464 e. The van der Waals surface area contributed by atoms with Crippen LogP contribution >= 0.6 is 0 Å². The molecule has 4 aromatic rings. The number of aromatic nitrogens is 3. The van der Waals surface area contributed by atoms with E-state index < -0.39 is 0 Å². The zero-order valence-corrected chi connectivity index (χ0v) is 14.7. The lowest BCUT2D eigenvalue weighted by Crippen LogP contribution is -2.14. The zero-order chi connectivity index (χ0) is 18.2. The molecule has 1 aliphatic carbocycles. The third-order valence-corrected chi connectivity index (χ3v) is 4.99. The van der Waals surface area contributed by atoms with Gasteiger partial charge in [0.25, 0.3) is 0 Å². The first kappa shape index (κ1) is 15.8. The number of carbonyl (C=O) groups excluding carboxylic acids is 1. The van der Waals surface area contributed by atoms with Crippen molar-refractivity contribution in [2.24, 2.45) is 0 Å². The standard InChI is InChI=1S/C21H18N4O2/c26-21(24-17-5-6-20(22-12-17)25-8-2-7-23-25)11-16-13-27-19-10-15-4-1-3-14(15)9-18(16)19/h2,5-10,12-13H,1,3-4,11H2,(H,24,26). The van der Waals surface area contributed by atoms with Gasteiger partial charge in [-0.3, -0.25) is 4.79 Å². The normalized spacial score (nSPS) is 13.0. The van der Waals surface area contributed by atoms with E-state index in [0.717, 1.165) is 29.4 Å². The number of hydrogen-bond acceptors (Lipinski definition) is 4. The molecule has 0 atom stereocenters. The van der Waals surface area contributed by atoms with Gasteiger partial charge in [-0.2, -0.15) is 5.10 Å². The number of carbonyl (C=O) groups is 1. The number of rotatable bonds is 4. The monoisotopic (exact) mass is 358 g/mol. The van der Waals surface area contributed by atoms with Crippen LogP contribution in [0.4, 0.5) is 5.69 Å². The number of furan rings is 1. The molecule has 3 heterocycles. The summed E-state index contributed by atoms with van der Waals surface area (Å²) >= 11 is 0. The maximum atomic E-state index is 12.5. The summed E-state index contributed by atoms with van der Waals surface area (Å²) in [5.41, 5.74) is 5.19. The van der Waals surface area contributed by atoms with E-state index >= 15 is 0 Å².